The molecule has 1 saturated carbocycles. The first kappa shape index (κ1) is 16.4. The molecule has 0 spiro atoms. The van der Waals surface area contributed by atoms with Crippen molar-refractivity contribution in [3.05, 3.63) is 64.7 Å². The van der Waals surface area contributed by atoms with Crippen molar-refractivity contribution in [1.29, 1.82) is 0 Å². The molecule has 1 aliphatic carbocycles. The van der Waals surface area contributed by atoms with Crippen LogP contribution in [0.25, 0.3) is 0 Å². The lowest BCUT2D eigenvalue weighted by Crippen LogP contribution is -2.50. The first-order valence-electron chi connectivity index (χ1n) is 7.08. The summed E-state index contributed by atoms with van der Waals surface area (Å²) in [4.78, 5) is -0.556. The van der Waals surface area contributed by atoms with Gasteiger partial charge in [0.05, 0.1) is 5.54 Å². The van der Waals surface area contributed by atoms with Gasteiger partial charge < -0.3 is 0 Å². The Hall–Kier alpha value is -1.50. The van der Waals surface area contributed by atoms with Crippen molar-refractivity contribution in [2.75, 3.05) is 0 Å². The van der Waals surface area contributed by atoms with Gasteiger partial charge in [-0.15, -0.1) is 0 Å². The van der Waals surface area contributed by atoms with E-state index < -0.39 is 32.1 Å². The Balaban J connectivity index is 1.96. The molecule has 0 bridgehead atoms. The van der Waals surface area contributed by atoms with E-state index in [1.54, 1.807) is 24.3 Å². The predicted molar refractivity (Wildman–Crippen MR) is 83.7 cm³/mol. The van der Waals surface area contributed by atoms with Gasteiger partial charge in [0.1, 0.15) is 16.5 Å². The summed E-state index contributed by atoms with van der Waals surface area (Å²) in [6.45, 7) is 0. The van der Waals surface area contributed by atoms with Crippen LogP contribution < -0.4 is 4.72 Å². The van der Waals surface area contributed by atoms with E-state index in [1.807, 2.05) is 0 Å². The molecule has 0 aliphatic heterocycles. The van der Waals surface area contributed by atoms with E-state index in [0.717, 1.165) is 24.1 Å². The minimum Gasteiger partial charge on any atom is -0.207 e. The number of sulfonamides is 1. The first-order valence-corrected chi connectivity index (χ1v) is 8.94. The van der Waals surface area contributed by atoms with E-state index in [1.165, 1.54) is 0 Å². The van der Waals surface area contributed by atoms with Gasteiger partial charge in [-0.3, -0.25) is 0 Å². The van der Waals surface area contributed by atoms with Gasteiger partial charge in [-0.25, -0.2) is 21.9 Å². The summed E-state index contributed by atoms with van der Waals surface area (Å²) in [5.74, 6) is -1.93. The van der Waals surface area contributed by atoms with Crippen LogP contribution in [0.3, 0.4) is 0 Å². The predicted octanol–water partition coefficient (Wildman–Crippen LogP) is 3.98. The van der Waals surface area contributed by atoms with Gasteiger partial charge in [-0.05, 0) is 49.1 Å². The lowest BCUT2D eigenvalue weighted by atomic mass is 9.73. The largest absolute Gasteiger partial charge is 0.244 e. The molecule has 0 heterocycles. The zero-order valence-corrected chi connectivity index (χ0v) is 13.6. The maximum Gasteiger partial charge on any atom is 0.244 e. The number of hydrogen-bond acceptors (Lipinski definition) is 2. The summed E-state index contributed by atoms with van der Waals surface area (Å²) < 4.78 is 54.4. The van der Waals surface area contributed by atoms with E-state index >= 15 is 0 Å². The summed E-state index contributed by atoms with van der Waals surface area (Å²) in [5, 5.41) is 0.552. The van der Waals surface area contributed by atoms with Crippen molar-refractivity contribution in [3.8, 4) is 0 Å². The lowest BCUT2D eigenvalue weighted by Gasteiger charge is -2.42. The van der Waals surface area contributed by atoms with E-state index in [0.29, 0.717) is 23.9 Å². The molecule has 3 nitrogen and oxygen atoms in total. The molecule has 7 heteroatoms. The molecule has 0 unspecified atom stereocenters. The topological polar surface area (TPSA) is 46.2 Å². The van der Waals surface area contributed by atoms with Crippen molar-refractivity contribution in [2.24, 2.45) is 0 Å². The molecule has 0 saturated heterocycles. The van der Waals surface area contributed by atoms with Gasteiger partial charge >= 0.3 is 0 Å². The second-order valence-electron chi connectivity index (χ2n) is 5.62. The molecule has 23 heavy (non-hydrogen) atoms. The monoisotopic (exact) mass is 357 g/mol. The fourth-order valence-corrected chi connectivity index (χ4v) is 4.39. The van der Waals surface area contributed by atoms with E-state index in [9.17, 15) is 17.2 Å². The number of nitrogens with one attached hydrogen (secondary N) is 1. The highest BCUT2D eigenvalue weighted by Crippen LogP contribution is 2.42. The second kappa shape index (κ2) is 5.85. The Kier molecular flexibility index (Phi) is 4.16. The van der Waals surface area contributed by atoms with Gasteiger partial charge in [-0.2, -0.15) is 0 Å². The van der Waals surface area contributed by atoms with E-state index in [-0.39, 0.29) is 0 Å². The summed E-state index contributed by atoms with van der Waals surface area (Å²) >= 11 is 5.86. The summed E-state index contributed by atoms with van der Waals surface area (Å²) in [5.41, 5.74) is 0.00352. The van der Waals surface area contributed by atoms with Gasteiger partial charge in [0.15, 0.2) is 0 Å². The molecule has 1 N–H and O–H groups in total. The molecule has 2 aromatic rings. The molecule has 1 aliphatic rings. The standard InChI is InChI=1S/C16H14ClF2NO2S/c17-12-4-2-11(3-5-12)16(8-1-9-16)20-23(21,22)15-7-6-13(18)10-14(15)19/h2-7,10,20H,1,8-9H2. The summed E-state index contributed by atoms with van der Waals surface area (Å²) in [6, 6.07) is 9.29. The Morgan fingerprint density at radius 1 is 1.04 bits per heavy atom. The summed E-state index contributed by atoms with van der Waals surface area (Å²) in [7, 11) is -4.11. The van der Waals surface area contributed by atoms with Crippen molar-refractivity contribution < 1.29 is 17.2 Å². The molecular weight excluding hydrogens is 344 g/mol. The summed E-state index contributed by atoms with van der Waals surface area (Å²) in [6.07, 6.45) is 2.07. The molecule has 0 aromatic heterocycles. The van der Waals surface area contributed by atoms with Crippen LogP contribution in [0.4, 0.5) is 8.78 Å². The van der Waals surface area contributed by atoms with Crippen LogP contribution in [0.1, 0.15) is 24.8 Å². The van der Waals surface area contributed by atoms with Crippen molar-refractivity contribution in [1.82, 2.24) is 4.72 Å². The Morgan fingerprint density at radius 2 is 1.70 bits per heavy atom. The molecule has 122 valence electrons. The highest BCUT2D eigenvalue weighted by atomic mass is 35.5. The van der Waals surface area contributed by atoms with Crippen LogP contribution in [0.15, 0.2) is 47.4 Å². The number of benzene rings is 2. The minimum absolute atomic E-state index is 0.552. The minimum atomic E-state index is -4.11. The molecule has 0 atom stereocenters. The molecule has 3 rings (SSSR count). The average Bonchev–Trinajstić information content (AvgIpc) is 2.43. The van der Waals surface area contributed by atoms with Crippen LogP contribution in [0.2, 0.25) is 5.02 Å². The third-order valence-electron chi connectivity index (χ3n) is 4.12. The molecular formula is C16H14ClF2NO2S. The third kappa shape index (κ3) is 3.11. The molecule has 0 radical (unpaired) electrons. The molecule has 1 fully saturated rings. The van der Waals surface area contributed by atoms with Crippen LogP contribution in [-0.4, -0.2) is 8.42 Å². The molecule has 2 aromatic carbocycles. The Bertz CT molecular complexity index is 834. The van der Waals surface area contributed by atoms with Crippen LogP contribution in [-0.2, 0) is 15.6 Å². The third-order valence-corrected chi connectivity index (χ3v) is 5.94. The van der Waals surface area contributed by atoms with Crippen molar-refractivity contribution in [3.63, 3.8) is 0 Å². The lowest BCUT2D eigenvalue weighted by molar-refractivity contribution is 0.224. The Morgan fingerprint density at radius 3 is 2.22 bits per heavy atom. The van der Waals surface area contributed by atoms with E-state index in [2.05, 4.69) is 4.72 Å². The van der Waals surface area contributed by atoms with Gasteiger partial charge in [-0.1, -0.05) is 23.7 Å². The zero-order chi connectivity index (χ0) is 16.7. The molecule has 0 amide bonds. The quantitative estimate of drug-likeness (QED) is 0.899. The fraction of sp³-hybridized carbons (Fsp3) is 0.250. The van der Waals surface area contributed by atoms with Crippen molar-refractivity contribution in [2.45, 2.75) is 29.7 Å². The van der Waals surface area contributed by atoms with Gasteiger partial charge in [0.25, 0.3) is 0 Å². The maximum absolute atomic E-state index is 13.8. The smallest absolute Gasteiger partial charge is 0.207 e. The number of hydrogen-bond donors (Lipinski definition) is 1. The second-order valence-corrected chi connectivity index (χ2v) is 7.71. The SMILES string of the molecule is O=S(=O)(NC1(c2ccc(Cl)cc2)CCC1)c1ccc(F)cc1F. The zero-order valence-electron chi connectivity index (χ0n) is 12.0. The highest BCUT2D eigenvalue weighted by Gasteiger charge is 2.42. The average molecular weight is 358 g/mol. The van der Waals surface area contributed by atoms with Crippen LogP contribution in [0, 0.1) is 11.6 Å². The normalized spacial score (nSPS) is 16.8. The Labute approximate surface area is 138 Å². The van der Waals surface area contributed by atoms with Crippen molar-refractivity contribution >= 4 is 21.6 Å². The number of rotatable bonds is 4. The first-order chi connectivity index (χ1) is 10.8. The van der Waals surface area contributed by atoms with Crippen LogP contribution >= 0.6 is 11.6 Å². The fourth-order valence-electron chi connectivity index (χ4n) is 2.75. The van der Waals surface area contributed by atoms with Crippen LogP contribution in [0.5, 0.6) is 0 Å². The van der Waals surface area contributed by atoms with Gasteiger partial charge in [0.2, 0.25) is 10.0 Å². The maximum atomic E-state index is 13.8. The number of halogens is 3. The van der Waals surface area contributed by atoms with E-state index in [4.69, 9.17) is 11.6 Å². The highest BCUT2D eigenvalue weighted by molar-refractivity contribution is 7.89. The van der Waals surface area contributed by atoms with Gasteiger partial charge in [0, 0.05) is 11.1 Å².